The molecule has 3 heteroatoms. The molecule has 108 valence electrons. The molecule has 1 aromatic rings. The SMILES string of the molecule is CSCCCCCCNC(C)Cc1ccc(Br)cc1. The van der Waals surface area contributed by atoms with Crippen molar-refractivity contribution in [3.05, 3.63) is 34.3 Å². The summed E-state index contributed by atoms with van der Waals surface area (Å²) in [7, 11) is 0. The van der Waals surface area contributed by atoms with Gasteiger partial charge in [-0.2, -0.15) is 11.8 Å². The Labute approximate surface area is 131 Å². The van der Waals surface area contributed by atoms with Gasteiger partial charge in [0.1, 0.15) is 0 Å². The van der Waals surface area contributed by atoms with Crippen LogP contribution in [-0.2, 0) is 6.42 Å². The minimum absolute atomic E-state index is 0.562. The smallest absolute Gasteiger partial charge is 0.0175 e. The van der Waals surface area contributed by atoms with Crippen LogP contribution in [0.4, 0.5) is 0 Å². The van der Waals surface area contributed by atoms with Crippen molar-refractivity contribution in [3.63, 3.8) is 0 Å². The Bertz CT molecular complexity index is 326. The van der Waals surface area contributed by atoms with E-state index >= 15 is 0 Å². The van der Waals surface area contributed by atoms with Crippen LogP contribution in [0.15, 0.2) is 28.7 Å². The van der Waals surface area contributed by atoms with Crippen molar-refractivity contribution in [2.75, 3.05) is 18.6 Å². The highest BCUT2D eigenvalue weighted by molar-refractivity contribution is 9.10. The van der Waals surface area contributed by atoms with Gasteiger partial charge in [-0.3, -0.25) is 0 Å². The molecule has 1 atom stereocenters. The first-order valence-electron chi connectivity index (χ1n) is 7.19. The summed E-state index contributed by atoms with van der Waals surface area (Å²) >= 11 is 5.43. The van der Waals surface area contributed by atoms with Crippen molar-refractivity contribution in [3.8, 4) is 0 Å². The Kier molecular flexibility index (Phi) is 9.66. The molecule has 0 amide bonds. The lowest BCUT2D eigenvalue weighted by molar-refractivity contribution is 0.518. The molecule has 1 N–H and O–H groups in total. The maximum atomic E-state index is 3.62. The second-order valence-electron chi connectivity index (χ2n) is 5.09. The molecule has 0 spiro atoms. The zero-order valence-corrected chi connectivity index (χ0v) is 14.5. The van der Waals surface area contributed by atoms with E-state index < -0.39 is 0 Å². The molecule has 0 saturated heterocycles. The van der Waals surface area contributed by atoms with Crippen molar-refractivity contribution >= 4 is 27.7 Å². The molecule has 0 aliphatic heterocycles. The van der Waals surface area contributed by atoms with Crippen molar-refractivity contribution in [2.24, 2.45) is 0 Å². The number of rotatable bonds is 10. The number of thioether (sulfide) groups is 1. The fraction of sp³-hybridized carbons (Fsp3) is 0.625. The summed E-state index contributed by atoms with van der Waals surface area (Å²) in [6, 6.07) is 9.20. The molecule has 0 bridgehead atoms. The Morgan fingerprint density at radius 2 is 1.79 bits per heavy atom. The number of hydrogen-bond donors (Lipinski definition) is 1. The van der Waals surface area contributed by atoms with E-state index in [9.17, 15) is 0 Å². The van der Waals surface area contributed by atoms with E-state index in [1.165, 1.54) is 37.0 Å². The Hall–Kier alpha value is 0.01000. The van der Waals surface area contributed by atoms with Crippen LogP contribution in [0.3, 0.4) is 0 Å². The van der Waals surface area contributed by atoms with E-state index in [1.807, 2.05) is 11.8 Å². The molecule has 0 heterocycles. The normalized spacial score (nSPS) is 12.6. The highest BCUT2D eigenvalue weighted by atomic mass is 79.9. The van der Waals surface area contributed by atoms with Crippen LogP contribution in [0.1, 0.15) is 38.2 Å². The van der Waals surface area contributed by atoms with Gasteiger partial charge in [0.15, 0.2) is 0 Å². The largest absolute Gasteiger partial charge is 0.314 e. The second-order valence-corrected chi connectivity index (χ2v) is 6.99. The molecule has 0 radical (unpaired) electrons. The van der Waals surface area contributed by atoms with Gasteiger partial charge in [-0.25, -0.2) is 0 Å². The minimum atomic E-state index is 0.562. The zero-order chi connectivity index (χ0) is 13.9. The summed E-state index contributed by atoms with van der Waals surface area (Å²) < 4.78 is 1.15. The maximum Gasteiger partial charge on any atom is 0.0175 e. The van der Waals surface area contributed by atoms with Gasteiger partial charge in [-0.05, 0) is 62.4 Å². The van der Waals surface area contributed by atoms with Crippen LogP contribution in [0.25, 0.3) is 0 Å². The average molecular weight is 344 g/mol. The fourth-order valence-electron chi connectivity index (χ4n) is 2.12. The van der Waals surface area contributed by atoms with Gasteiger partial charge >= 0.3 is 0 Å². The van der Waals surface area contributed by atoms with Gasteiger partial charge in [-0.1, -0.05) is 40.9 Å². The average Bonchev–Trinajstić information content (AvgIpc) is 2.40. The molecule has 0 saturated carbocycles. The lowest BCUT2D eigenvalue weighted by atomic mass is 10.1. The molecule has 0 fully saturated rings. The van der Waals surface area contributed by atoms with Crippen LogP contribution in [0, 0.1) is 0 Å². The van der Waals surface area contributed by atoms with Gasteiger partial charge < -0.3 is 5.32 Å². The van der Waals surface area contributed by atoms with Crippen molar-refractivity contribution in [1.29, 1.82) is 0 Å². The van der Waals surface area contributed by atoms with Gasteiger partial charge in [0.25, 0.3) is 0 Å². The van der Waals surface area contributed by atoms with Gasteiger partial charge in [0, 0.05) is 10.5 Å². The molecule has 0 aliphatic carbocycles. The quantitative estimate of drug-likeness (QED) is 0.606. The van der Waals surface area contributed by atoms with Crippen LogP contribution in [0.2, 0.25) is 0 Å². The van der Waals surface area contributed by atoms with Crippen molar-refractivity contribution in [1.82, 2.24) is 5.32 Å². The van der Waals surface area contributed by atoms with E-state index in [-0.39, 0.29) is 0 Å². The van der Waals surface area contributed by atoms with Crippen LogP contribution in [0.5, 0.6) is 0 Å². The predicted molar refractivity (Wildman–Crippen MR) is 92.2 cm³/mol. The first kappa shape index (κ1) is 17.1. The molecule has 1 nitrogen and oxygen atoms in total. The molecule has 0 aliphatic rings. The summed E-state index contributed by atoms with van der Waals surface area (Å²) in [5.41, 5.74) is 1.41. The van der Waals surface area contributed by atoms with Crippen LogP contribution >= 0.6 is 27.7 Å². The van der Waals surface area contributed by atoms with Crippen molar-refractivity contribution in [2.45, 2.75) is 45.1 Å². The third-order valence-corrected chi connectivity index (χ3v) is 4.45. The van der Waals surface area contributed by atoms with Gasteiger partial charge in [0.2, 0.25) is 0 Å². The summed E-state index contributed by atoms with van der Waals surface area (Å²) in [5, 5.41) is 3.62. The van der Waals surface area contributed by atoms with Gasteiger partial charge in [0.05, 0.1) is 0 Å². The Balaban J connectivity index is 2.04. The highest BCUT2D eigenvalue weighted by Gasteiger charge is 2.02. The third kappa shape index (κ3) is 8.72. The van der Waals surface area contributed by atoms with E-state index in [2.05, 4.69) is 58.7 Å². The summed E-state index contributed by atoms with van der Waals surface area (Å²) in [6.45, 7) is 3.42. The molecule has 1 rings (SSSR count). The zero-order valence-electron chi connectivity index (χ0n) is 12.1. The number of benzene rings is 1. The number of unbranched alkanes of at least 4 members (excludes halogenated alkanes) is 3. The molecular weight excluding hydrogens is 318 g/mol. The van der Waals surface area contributed by atoms with Crippen LogP contribution in [-0.4, -0.2) is 24.6 Å². The summed E-state index contributed by atoms with van der Waals surface area (Å²) in [4.78, 5) is 0. The first-order valence-corrected chi connectivity index (χ1v) is 9.38. The molecule has 1 unspecified atom stereocenters. The molecule has 19 heavy (non-hydrogen) atoms. The number of hydrogen-bond acceptors (Lipinski definition) is 2. The number of nitrogens with one attached hydrogen (secondary N) is 1. The first-order chi connectivity index (χ1) is 9.22. The van der Waals surface area contributed by atoms with E-state index in [4.69, 9.17) is 0 Å². The Morgan fingerprint density at radius 3 is 2.47 bits per heavy atom. The monoisotopic (exact) mass is 343 g/mol. The van der Waals surface area contributed by atoms with Gasteiger partial charge in [-0.15, -0.1) is 0 Å². The second kappa shape index (κ2) is 10.8. The van der Waals surface area contributed by atoms with E-state index in [1.54, 1.807) is 0 Å². The predicted octanol–water partition coefficient (Wildman–Crippen LogP) is 4.89. The van der Waals surface area contributed by atoms with E-state index in [0.29, 0.717) is 6.04 Å². The summed E-state index contributed by atoms with van der Waals surface area (Å²) in [5.74, 6) is 1.31. The maximum absolute atomic E-state index is 3.62. The fourth-order valence-corrected chi connectivity index (χ4v) is 2.88. The highest BCUT2D eigenvalue weighted by Crippen LogP contribution is 2.12. The molecule has 1 aromatic carbocycles. The lowest BCUT2D eigenvalue weighted by Crippen LogP contribution is -2.28. The van der Waals surface area contributed by atoms with E-state index in [0.717, 1.165) is 17.4 Å². The number of halogens is 1. The standard InChI is InChI=1S/C16H26BrNS/c1-14(13-15-7-9-16(17)10-8-15)18-11-5-3-4-6-12-19-2/h7-10,14,18H,3-6,11-13H2,1-2H3. The van der Waals surface area contributed by atoms with Crippen molar-refractivity contribution < 1.29 is 0 Å². The third-order valence-electron chi connectivity index (χ3n) is 3.22. The lowest BCUT2D eigenvalue weighted by Gasteiger charge is -2.14. The minimum Gasteiger partial charge on any atom is -0.314 e. The molecule has 0 aromatic heterocycles. The molecular formula is C16H26BrNS. The topological polar surface area (TPSA) is 12.0 Å². The van der Waals surface area contributed by atoms with Crippen LogP contribution < -0.4 is 5.32 Å². The summed E-state index contributed by atoms with van der Waals surface area (Å²) in [6.07, 6.45) is 8.71. The Morgan fingerprint density at radius 1 is 1.11 bits per heavy atom.